The van der Waals surface area contributed by atoms with E-state index in [1.165, 1.54) is 9.21 Å². The number of rotatable bonds is 4. The van der Waals surface area contributed by atoms with Crippen molar-refractivity contribution in [2.45, 2.75) is 18.7 Å². The van der Waals surface area contributed by atoms with Crippen molar-refractivity contribution in [2.75, 3.05) is 46.1 Å². The maximum atomic E-state index is 12.6. The number of amides is 1. The van der Waals surface area contributed by atoms with E-state index in [-0.39, 0.29) is 37.0 Å². The molecular formula is C14H22N4O4S2. The molecule has 0 radical (unpaired) electrons. The van der Waals surface area contributed by atoms with Gasteiger partial charge in [-0.3, -0.25) is 9.69 Å². The number of likely N-dealkylation sites (tertiary alicyclic amines) is 1. The Labute approximate surface area is 146 Å². The van der Waals surface area contributed by atoms with Crippen LogP contribution in [0.1, 0.15) is 5.01 Å². The van der Waals surface area contributed by atoms with Crippen molar-refractivity contribution < 1.29 is 17.9 Å². The molecule has 0 aromatic carbocycles. The fourth-order valence-corrected chi connectivity index (χ4v) is 5.16. The average molecular weight is 374 g/mol. The summed E-state index contributed by atoms with van der Waals surface area (Å²) in [5.41, 5.74) is 0. The molecule has 2 aliphatic heterocycles. The number of nitrogens with zero attached hydrogens (tertiary/aromatic N) is 4. The third-order valence-corrected chi connectivity index (χ3v) is 6.91. The molecular weight excluding hydrogens is 352 g/mol. The Morgan fingerprint density at radius 2 is 2.25 bits per heavy atom. The number of sulfonamides is 1. The minimum atomic E-state index is -3.51. The summed E-state index contributed by atoms with van der Waals surface area (Å²) in [5.74, 6) is -0.301. The molecule has 3 rings (SSSR count). The van der Waals surface area contributed by atoms with E-state index in [1.54, 1.807) is 31.6 Å². The van der Waals surface area contributed by atoms with E-state index < -0.39 is 10.0 Å². The first kappa shape index (κ1) is 17.7. The molecule has 24 heavy (non-hydrogen) atoms. The highest BCUT2D eigenvalue weighted by Gasteiger charge is 2.45. The van der Waals surface area contributed by atoms with Crippen LogP contribution < -0.4 is 0 Å². The maximum absolute atomic E-state index is 12.6. The second kappa shape index (κ2) is 7.04. The fourth-order valence-electron chi connectivity index (χ4n) is 3.04. The molecule has 134 valence electrons. The summed E-state index contributed by atoms with van der Waals surface area (Å²) < 4.78 is 32.3. The number of ether oxygens (including phenoxy) is 1. The number of thiazole rings is 1. The predicted molar refractivity (Wildman–Crippen MR) is 90.1 cm³/mol. The van der Waals surface area contributed by atoms with Crippen LogP contribution in [0.2, 0.25) is 0 Å². The largest absolute Gasteiger partial charge is 0.374 e. The second-order valence-electron chi connectivity index (χ2n) is 6.25. The SMILES string of the molecule is CN(C)C(=O)CN1[C@@H]2CN(Cc3nccs3)C[C@@H]2OCCS1(=O)=O. The van der Waals surface area contributed by atoms with Gasteiger partial charge in [0.2, 0.25) is 15.9 Å². The molecule has 2 atom stereocenters. The van der Waals surface area contributed by atoms with Gasteiger partial charge in [0, 0.05) is 38.8 Å². The molecule has 2 saturated heterocycles. The fraction of sp³-hybridized carbons (Fsp3) is 0.714. The molecule has 3 heterocycles. The Balaban J connectivity index is 1.78. The molecule has 8 nitrogen and oxygen atoms in total. The Hall–Kier alpha value is -1.07. The lowest BCUT2D eigenvalue weighted by Gasteiger charge is -2.28. The van der Waals surface area contributed by atoms with Crippen molar-refractivity contribution in [3.63, 3.8) is 0 Å². The zero-order chi connectivity index (χ0) is 17.3. The van der Waals surface area contributed by atoms with Crippen LogP contribution >= 0.6 is 11.3 Å². The van der Waals surface area contributed by atoms with Gasteiger partial charge in [0.1, 0.15) is 5.01 Å². The molecule has 1 amide bonds. The second-order valence-corrected chi connectivity index (χ2v) is 9.27. The van der Waals surface area contributed by atoms with E-state index in [0.717, 1.165) is 5.01 Å². The smallest absolute Gasteiger partial charge is 0.237 e. The normalized spacial score (nSPS) is 27.6. The van der Waals surface area contributed by atoms with Crippen molar-refractivity contribution in [3.8, 4) is 0 Å². The van der Waals surface area contributed by atoms with Gasteiger partial charge in [-0.1, -0.05) is 0 Å². The molecule has 2 aliphatic rings. The van der Waals surface area contributed by atoms with Crippen molar-refractivity contribution >= 4 is 27.3 Å². The van der Waals surface area contributed by atoms with Gasteiger partial charge in [0.15, 0.2) is 0 Å². The van der Waals surface area contributed by atoms with Crippen LogP contribution in [0.4, 0.5) is 0 Å². The van der Waals surface area contributed by atoms with Crippen molar-refractivity contribution in [1.82, 2.24) is 19.1 Å². The number of hydrogen-bond acceptors (Lipinski definition) is 7. The van der Waals surface area contributed by atoms with Crippen LogP contribution in [0.3, 0.4) is 0 Å². The van der Waals surface area contributed by atoms with Crippen molar-refractivity contribution in [3.05, 3.63) is 16.6 Å². The van der Waals surface area contributed by atoms with Gasteiger partial charge in [-0.2, -0.15) is 4.31 Å². The predicted octanol–water partition coefficient (Wildman–Crippen LogP) is -0.554. The van der Waals surface area contributed by atoms with Crippen LogP contribution in [0.5, 0.6) is 0 Å². The number of hydrogen-bond donors (Lipinski definition) is 0. The summed E-state index contributed by atoms with van der Waals surface area (Å²) in [7, 11) is -0.249. The molecule has 0 bridgehead atoms. The average Bonchev–Trinajstić information content (AvgIpc) is 3.12. The first-order chi connectivity index (χ1) is 11.4. The topological polar surface area (TPSA) is 83.1 Å². The summed E-state index contributed by atoms with van der Waals surface area (Å²) in [4.78, 5) is 19.9. The maximum Gasteiger partial charge on any atom is 0.237 e. The Morgan fingerprint density at radius 3 is 2.92 bits per heavy atom. The summed E-state index contributed by atoms with van der Waals surface area (Å²) in [5, 5.41) is 2.91. The van der Waals surface area contributed by atoms with Gasteiger partial charge < -0.3 is 9.64 Å². The minimum absolute atomic E-state index is 0.0762. The first-order valence-electron chi connectivity index (χ1n) is 7.79. The molecule has 0 saturated carbocycles. The number of carbonyl (C=O) groups excluding carboxylic acids is 1. The van der Waals surface area contributed by atoms with Crippen LogP contribution in [0.15, 0.2) is 11.6 Å². The molecule has 0 spiro atoms. The lowest BCUT2D eigenvalue weighted by molar-refractivity contribution is -0.129. The molecule has 2 fully saturated rings. The highest BCUT2D eigenvalue weighted by atomic mass is 32.2. The zero-order valence-electron chi connectivity index (χ0n) is 13.8. The number of aromatic nitrogens is 1. The van der Waals surface area contributed by atoms with Gasteiger partial charge in [0.25, 0.3) is 0 Å². The van der Waals surface area contributed by atoms with E-state index in [2.05, 4.69) is 9.88 Å². The van der Waals surface area contributed by atoms with E-state index >= 15 is 0 Å². The molecule has 10 heteroatoms. The van der Waals surface area contributed by atoms with Gasteiger partial charge in [-0.25, -0.2) is 13.4 Å². The molecule has 1 aromatic heterocycles. The molecule has 1 aromatic rings. The summed E-state index contributed by atoms with van der Waals surface area (Å²) in [6, 6.07) is -0.332. The quantitative estimate of drug-likeness (QED) is 0.703. The number of carbonyl (C=O) groups is 1. The molecule has 0 unspecified atom stereocenters. The summed E-state index contributed by atoms with van der Waals surface area (Å²) in [6.07, 6.45) is 1.55. The van der Waals surface area contributed by atoms with Crippen molar-refractivity contribution in [2.24, 2.45) is 0 Å². The van der Waals surface area contributed by atoms with Crippen LogP contribution in [0.25, 0.3) is 0 Å². The Kier molecular flexibility index (Phi) is 5.21. The first-order valence-corrected chi connectivity index (χ1v) is 10.3. The number of fused-ring (bicyclic) bond motifs is 1. The van der Waals surface area contributed by atoms with Crippen LogP contribution in [-0.4, -0.2) is 91.6 Å². The summed E-state index contributed by atoms with van der Waals surface area (Å²) in [6.45, 7) is 1.90. The lowest BCUT2D eigenvalue weighted by Crippen LogP contribution is -2.50. The standard InChI is InChI=1S/C14H22N4O4S2/c1-16(2)14(19)10-18-11-7-17(9-13-15-3-5-23-13)8-12(11)22-4-6-24(18,20)21/h3,5,11-12H,4,6-10H2,1-2H3/t11-,12+/m1/s1. The third kappa shape index (κ3) is 3.77. The zero-order valence-corrected chi connectivity index (χ0v) is 15.4. The van der Waals surface area contributed by atoms with Gasteiger partial charge in [-0.05, 0) is 0 Å². The van der Waals surface area contributed by atoms with Crippen LogP contribution in [-0.2, 0) is 26.1 Å². The number of likely N-dealkylation sites (N-methyl/N-ethyl adjacent to an activating group) is 1. The molecule has 0 N–H and O–H groups in total. The van der Waals surface area contributed by atoms with E-state index in [0.29, 0.717) is 19.6 Å². The Bertz CT molecular complexity index is 677. The Morgan fingerprint density at radius 1 is 1.46 bits per heavy atom. The monoisotopic (exact) mass is 374 g/mol. The lowest BCUT2D eigenvalue weighted by atomic mass is 10.2. The van der Waals surface area contributed by atoms with Crippen molar-refractivity contribution in [1.29, 1.82) is 0 Å². The van der Waals surface area contributed by atoms with E-state index in [9.17, 15) is 13.2 Å². The highest BCUT2D eigenvalue weighted by molar-refractivity contribution is 7.89. The third-order valence-electron chi connectivity index (χ3n) is 4.35. The van der Waals surface area contributed by atoms with Gasteiger partial charge in [0.05, 0.1) is 37.6 Å². The van der Waals surface area contributed by atoms with Crippen LogP contribution in [0, 0.1) is 0 Å². The highest BCUT2D eigenvalue weighted by Crippen LogP contribution is 2.26. The molecule has 0 aliphatic carbocycles. The van der Waals surface area contributed by atoms with Gasteiger partial charge >= 0.3 is 0 Å². The van der Waals surface area contributed by atoms with E-state index in [1.807, 2.05) is 5.38 Å². The summed E-state index contributed by atoms with van der Waals surface area (Å²) >= 11 is 1.58. The van der Waals surface area contributed by atoms with E-state index in [4.69, 9.17) is 4.74 Å². The minimum Gasteiger partial charge on any atom is -0.374 e. The van der Waals surface area contributed by atoms with Gasteiger partial charge in [-0.15, -0.1) is 11.3 Å².